The fourth-order valence-electron chi connectivity index (χ4n) is 3.28. The number of carbonyl (C=O) groups excluding carboxylic acids is 1. The lowest BCUT2D eigenvalue weighted by atomic mass is 10.1. The van der Waals surface area contributed by atoms with Gasteiger partial charge in [-0.25, -0.2) is 9.97 Å². The Labute approximate surface area is 176 Å². The number of aryl methyl sites for hydroxylation is 2. The van der Waals surface area contributed by atoms with Crippen molar-refractivity contribution in [1.29, 1.82) is 0 Å². The molecule has 0 atom stereocenters. The Balaban J connectivity index is 1.65. The van der Waals surface area contributed by atoms with Crippen molar-refractivity contribution in [2.75, 3.05) is 5.32 Å². The van der Waals surface area contributed by atoms with Gasteiger partial charge in [0.2, 0.25) is 0 Å². The molecule has 0 aliphatic carbocycles. The second kappa shape index (κ2) is 7.79. The SMILES string of the molecule is Cc1cc(-n2c(C)nc3ncccc3c2=O)ccc1NC(=O)c1ccc([N+](=O)[O-])cc1. The average molecular weight is 415 g/mol. The van der Waals surface area contributed by atoms with Crippen LogP contribution in [0.4, 0.5) is 11.4 Å². The van der Waals surface area contributed by atoms with Crippen molar-refractivity contribution >= 4 is 28.3 Å². The quantitative estimate of drug-likeness (QED) is 0.402. The summed E-state index contributed by atoms with van der Waals surface area (Å²) in [5, 5.41) is 14.0. The number of hydrogen-bond acceptors (Lipinski definition) is 6. The fraction of sp³-hybridized carbons (Fsp3) is 0.0909. The van der Waals surface area contributed by atoms with Crippen molar-refractivity contribution in [3.8, 4) is 5.69 Å². The lowest BCUT2D eigenvalue weighted by Crippen LogP contribution is -2.23. The van der Waals surface area contributed by atoms with Crippen molar-refractivity contribution in [2.24, 2.45) is 0 Å². The third kappa shape index (κ3) is 3.76. The molecule has 0 saturated heterocycles. The van der Waals surface area contributed by atoms with Crippen LogP contribution in [0.25, 0.3) is 16.7 Å². The lowest BCUT2D eigenvalue weighted by Gasteiger charge is -2.14. The van der Waals surface area contributed by atoms with E-state index in [0.717, 1.165) is 5.56 Å². The summed E-state index contributed by atoms with van der Waals surface area (Å²) in [6.45, 7) is 3.54. The molecule has 9 nitrogen and oxygen atoms in total. The number of anilines is 1. The normalized spacial score (nSPS) is 10.8. The smallest absolute Gasteiger partial charge is 0.269 e. The Kier molecular flexibility index (Phi) is 5.00. The Morgan fingerprint density at radius 1 is 1.10 bits per heavy atom. The van der Waals surface area contributed by atoms with Crippen LogP contribution in [-0.4, -0.2) is 25.4 Å². The van der Waals surface area contributed by atoms with Crippen LogP contribution >= 0.6 is 0 Å². The molecule has 9 heteroatoms. The maximum atomic E-state index is 12.9. The number of nitro benzene ring substituents is 1. The highest BCUT2D eigenvalue weighted by Crippen LogP contribution is 2.21. The highest BCUT2D eigenvalue weighted by atomic mass is 16.6. The van der Waals surface area contributed by atoms with Gasteiger partial charge in [0, 0.05) is 29.6 Å². The molecule has 1 amide bonds. The van der Waals surface area contributed by atoms with Crippen LogP contribution in [0.2, 0.25) is 0 Å². The summed E-state index contributed by atoms with van der Waals surface area (Å²) in [7, 11) is 0. The van der Waals surface area contributed by atoms with Gasteiger partial charge in [0.15, 0.2) is 5.65 Å². The first-order chi connectivity index (χ1) is 14.8. The molecule has 4 aromatic rings. The Morgan fingerprint density at radius 3 is 2.52 bits per heavy atom. The maximum Gasteiger partial charge on any atom is 0.269 e. The number of nitro groups is 1. The molecule has 2 aromatic heterocycles. The van der Waals surface area contributed by atoms with Gasteiger partial charge in [-0.2, -0.15) is 0 Å². The summed E-state index contributed by atoms with van der Waals surface area (Å²) >= 11 is 0. The number of non-ortho nitro benzene ring substituents is 1. The summed E-state index contributed by atoms with van der Waals surface area (Å²) in [6, 6.07) is 13.9. The summed E-state index contributed by atoms with van der Waals surface area (Å²) in [5.74, 6) is 0.107. The molecule has 0 unspecified atom stereocenters. The van der Waals surface area contributed by atoms with Crippen molar-refractivity contribution in [2.45, 2.75) is 13.8 Å². The van der Waals surface area contributed by atoms with Gasteiger partial charge >= 0.3 is 0 Å². The molecule has 31 heavy (non-hydrogen) atoms. The Bertz CT molecular complexity index is 1390. The van der Waals surface area contributed by atoms with E-state index >= 15 is 0 Å². The predicted octanol–water partition coefficient (Wildman–Crippen LogP) is 3.56. The summed E-state index contributed by atoms with van der Waals surface area (Å²) in [6.07, 6.45) is 1.59. The average Bonchev–Trinajstić information content (AvgIpc) is 2.75. The summed E-state index contributed by atoms with van der Waals surface area (Å²) in [5.41, 5.74) is 2.30. The Morgan fingerprint density at radius 2 is 1.84 bits per heavy atom. The van der Waals surface area contributed by atoms with Gasteiger partial charge in [-0.1, -0.05) is 0 Å². The van der Waals surface area contributed by atoms with E-state index in [0.29, 0.717) is 33.8 Å². The number of carbonyl (C=O) groups is 1. The minimum absolute atomic E-state index is 0.0860. The number of pyridine rings is 1. The molecule has 2 heterocycles. The zero-order chi connectivity index (χ0) is 22.1. The second-order valence-electron chi connectivity index (χ2n) is 6.93. The van der Waals surface area contributed by atoms with Gasteiger partial charge in [-0.3, -0.25) is 24.3 Å². The third-order valence-corrected chi connectivity index (χ3v) is 4.87. The molecule has 1 N–H and O–H groups in total. The highest BCUT2D eigenvalue weighted by Gasteiger charge is 2.14. The van der Waals surface area contributed by atoms with E-state index in [1.807, 2.05) is 6.92 Å². The number of amides is 1. The first kappa shape index (κ1) is 19.9. The van der Waals surface area contributed by atoms with E-state index < -0.39 is 10.8 Å². The van der Waals surface area contributed by atoms with Crippen molar-refractivity contribution in [3.05, 3.63) is 98.2 Å². The van der Waals surface area contributed by atoms with Crippen LogP contribution < -0.4 is 10.9 Å². The third-order valence-electron chi connectivity index (χ3n) is 4.87. The molecular formula is C22H17N5O4. The van der Waals surface area contributed by atoms with Crippen LogP contribution in [0.5, 0.6) is 0 Å². The minimum atomic E-state index is -0.522. The first-order valence-electron chi connectivity index (χ1n) is 9.36. The first-order valence-corrected chi connectivity index (χ1v) is 9.36. The number of fused-ring (bicyclic) bond motifs is 1. The standard InChI is InChI=1S/C22H17N5O4/c1-13-12-17(26-14(2)24-20-18(22(26)29)4-3-11-23-20)9-10-19(13)25-21(28)15-5-7-16(8-6-15)27(30)31/h3-12H,1-2H3,(H,25,28). The summed E-state index contributed by atoms with van der Waals surface area (Å²) in [4.78, 5) is 44.2. The maximum absolute atomic E-state index is 12.9. The zero-order valence-electron chi connectivity index (χ0n) is 16.7. The lowest BCUT2D eigenvalue weighted by molar-refractivity contribution is -0.384. The topological polar surface area (TPSA) is 120 Å². The molecule has 0 spiro atoms. The van der Waals surface area contributed by atoms with Crippen LogP contribution in [-0.2, 0) is 0 Å². The molecular weight excluding hydrogens is 398 g/mol. The van der Waals surface area contributed by atoms with E-state index in [2.05, 4.69) is 15.3 Å². The van der Waals surface area contributed by atoms with Crippen molar-refractivity contribution in [1.82, 2.24) is 14.5 Å². The van der Waals surface area contributed by atoms with Crippen molar-refractivity contribution in [3.63, 3.8) is 0 Å². The van der Waals surface area contributed by atoms with Gasteiger partial charge in [0.1, 0.15) is 5.82 Å². The number of aromatic nitrogens is 3. The van der Waals surface area contributed by atoms with E-state index in [-0.39, 0.29) is 11.2 Å². The molecule has 0 aliphatic heterocycles. The van der Waals surface area contributed by atoms with Gasteiger partial charge in [-0.05, 0) is 61.9 Å². The van der Waals surface area contributed by atoms with Crippen molar-refractivity contribution < 1.29 is 9.72 Å². The zero-order valence-corrected chi connectivity index (χ0v) is 16.7. The van der Waals surface area contributed by atoms with Crippen LogP contribution in [0.15, 0.2) is 65.6 Å². The van der Waals surface area contributed by atoms with Gasteiger partial charge in [0.05, 0.1) is 16.0 Å². The molecule has 4 rings (SSSR count). The Hall–Kier alpha value is -4.40. The molecule has 0 saturated carbocycles. The largest absolute Gasteiger partial charge is 0.322 e. The van der Waals surface area contributed by atoms with Crippen LogP contribution in [0.3, 0.4) is 0 Å². The molecule has 2 aromatic carbocycles. The number of benzene rings is 2. The minimum Gasteiger partial charge on any atom is -0.322 e. The molecule has 0 fully saturated rings. The van der Waals surface area contributed by atoms with E-state index in [1.54, 1.807) is 43.5 Å². The second-order valence-corrected chi connectivity index (χ2v) is 6.93. The van der Waals surface area contributed by atoms with Crippen LogP contribution in [0.1, 0.15) is 21.7 Å². The summed E-state index contributed by atoms with van der Waals surface area (Å²) < 4.78 is 1.50. The number of nitrogens with zero attached hydrogens (tertiary/aromatic N) is 4. The molecule has 154 valence electrons. The number of hydrogen-bond donors (Lipinski definition) is 1. The molecule has 0 bridgehead atoms. The van der Waals surface area contributed by atoms with E-state index in [4.69, 9.17) is 0 Å². The highest BCUT2D eigenvalue weighted by molar-refractivity contribution is 6.04. The molecule has 0 radical (unpaired) electrons. The van der Waals surface area contributed by atoms with E-state index in [9.17, 15) is 19.7 Å². The van der Waals surface area contributed by atoms with Gasteiger partial charge < -0.3 is 5.32 Å². The van der Waals surface area contributed by atoms with Crippen LogP contribution in [0, 0.1) is 24.0 Å². The predicted molar refractivity (Wildman–Crippen MR) is 116 cm³/mol. The molecule has 0 aliphatic rings. The monoisotopic (exact) mass is 415 g/mol. The fourth-order valence-corrected chi connectivity index (χ4v) is 3.28. The van der Waals surface area contributed by atoms with Gasteiger partial charge in [-0.15, -0.1) is 0 Å². The van der Waals surface area contributed by atoms with Gasteiger partial charge in [0.25, 0.3) is 17.2 Å². The van der Waals surface area contributed by atoms with E-state index in [1.165, 1.54) is 28.8 Å². The number of rotatable bonds is 4. The number of nitrogens with one attached hydrogen (secondary N) is 1.